The van der Waals surface area contributed by atoms with Crippen LogP contribution in [0.5, 0.6) is 0 Å². The van der Waals surface area contributed by atoms with E-state index < -0.39 is 29.0 Å². The van der Waals surface area contributed by atoms with Crippen molar-refractivity contribution in [3.05, 3.63) is 28.0 Å². The summed E-state index contributed by atoms with van der Waals surface area (Å²) in [5.74, 6) is 0. The summed E-state index contributed by atoms with van der Waals surface area (Å²) < 4.78 is 61.8. The van der Waals surface area contributed by atoms with Crippen molar-refractivity contribution < 1.29 is 22.0 Å². The first-order valence-electron chi connectivity index (χ1n) is 4.02. The largest absolute Gasteiger partial charge is 0.418 e. The third-order valence-corrected chi connectivity index (χ3v) is 2.14. The Labute approximate surface area is 92.2 Å². The Hall–Kier alpha value is -0.950. The molecule has 0 saturated heterocycles. The Balaban J connectivity index is 3.43. The average molecular weight is 261 g/mol. The van der Waals surface area contributed by atoms with Gasteiger partial charge in [0, 0.05) is 12.1 Å². The van der Waals surface area contributed by atoms with Crippen molar-refractivity contribution in [1.29, 1.82) is 0 Å². The van der Waals surface area contributed by atoms with Crippen LogP contribution < -0.4 is 5.73 Å². The summed E-state index contributed by atoms with van der Waals surface area (Å²) in [7, 11) is 0. The van der Waals surface area contributed by atoms with Crippen LogP contribution in [0.15, 0.2) is 6.07 Å². The summed E-state index contributed by atoms with van der Waals surface area (Å²) in [5, 5.41) is -0.439. The van der Waals surface area contributed by atoms with Crippen LogP contribution in [-0.2, 0) is 12.7 Å². The quantitative estimate of drug-likeness (QED) is 0.655. The molecule has 0 aromatic carbocycles. The zero-order valence-electron chi connectivity index (χ0n) is 7.65. The Morgan fingerprint density at radius 3 is 2.31 bits per heavy atom. The van der Waals surface area contributed by atoms with Crippen molar-refractivity contribution in [3.8, 4) is 0 Å². The van der Waals surface area contributed by atoms with E-state index in [9.17, 15) is 22.0 Å². The van der Waals surface area contributed by atoms with Gasteiger partial charge >= 0.3 is 6.18 Å². The van der Waals surface area contributed by atoms with Crippen LogP contribution in [0.1, 0.15) is 23.2 Å². The van der Waals surface area contributed by atoms with Gasteiger partial charge in [0.25, 0.3) is 6.43 Å². The standard InChI is InChI=1S/C8H6ClF5N2/c9-6-3(2-15)1-4(8(12,13)14)5(16-6)7(10)11/h1,7H,2,15H2. The van der Waals surface area contributed by atoms with E-state index in [4.69, 9.17) is 17.3 Å². The zero-order chi connectivity index (χ0) is 12.5. The van der Waals surface area contributed by atoms with Gasteiger partial charge in [-0.25, -0.2) is 13.8 Å². The number of halogens is 6. The van der Waals surface area contributed by atoms with Crippen molar-refractivity contribution >= 4 is 11.6 Å². The lowest BCUT2D eigenvalue weighted by Gasteiger charge is -2.13. The van der Waals surface area contributed by atoms with Crippen LogP contribution in [-0.4, -0.2) is 4.98 Å². The highest BCUT2D eigenvalue weighted by Gasteiger charge is 2.37. The van der Waals surface area contributed by atoms with Crippen LogP contribution in [0.4, 0.5) is 22.0 Å². The van der Waals surface area contributed by atoms with Gasteiger partial charge in [-0.15, -0.1) is 0 Å². The average Bonchev–Trinajstić information content (AvgIpc) is 2.15. The van der Waals surface area contributed by atoms with Crippen LogP contribution in [0.2, 0.25) is 5.15 Å². The van der Waals surface area contributed by atoms with Gasteiger partial charge in [-0.3, -0.25) is 0 Å². The van der Waals surface area contributed by atoms with Crippen molar-refractivity contribution in [3.63, 3.8) is 0 Å². The third kappa shape index (κ3) is 2.59. The van der Waals surface area contributed by atoms with Crippen LogP contribution in [0, 0.1) is 0 Å². The molecule has 16 heavy (non-hydrogen) atoms. The molecule has 0 fully saturated rings. The highest BCUT2D eigenvalue weighted by molar-refractivity contribution is 6.30. The minimum atomic E-state index is -4.91. The molecule has 0 aliphatic heterocycles. The molecule has 1 aromatic heterocycles. The van der Waals surface area contributed by atoms with Gasteiger partial charge in [-0.05, 0) is 6.07 Å². The molecular weight excluding hydrogens is 255 g/mol. The Kier molecular flexibility index (Phi) is 3.69. The summed E-state index contributed by atoms with van der Waals surface area (Å²) in [4.78, 5) is 3.03. The summed E-state index contributed by atoms with van der Waals surface area (Å²) in [5.41, 5.74) is 2.10. The molecule has 1 aromatic rings. The summed E-state index contributed by atoms with van der Waals surface area (Å²) in [6.45, 7) is -0.307. The minimum Gasteiger partial charge on any atom is -0.326 e. The maximum absolute atomic E-state index is 12.4. The van der Waals surface area contributed by atoms with Crippen LogP contribution in [0.25, 0.3) is 0 Å². The van der Waals surface area contributed by atoms with E-state index in [-0.39, 0.29) is 12.1 Å². The second-order valence-corrected chi connectivity index (χ2v) is 3.23. The lowest BCUT2D eigenvalue weighted by atomic mass is 10.1. The van der Waals surface area contributed by atoms with E-state index in [1.807, 2.05) is 0 Å². The molecule has 0 saturated carbocycles. The molecular formula is C8H6ClF5N2. The number of aromatic nitrogens is 1. The van der Waals surface area contributed by atoms with Crippen LogP contribution in [0.3, 0.4) is 0 Å². The van der Waals surface area contributed by atoms with E-state index in [0.29, 0.717) is 6.07 Å². The Morgan fingerprint density at radius 2 is 1.94 bits per heavy atom. The molecule has 1 rings (SSSR count). The van der Waals surface area contributed by atoms with Crippen LogP contribution >= 0.6 is 11.6 Å². The van der Waals surface area contributed by atoms with Gasteiger partial charge in [-0.2, -0.15) is 13.2 Å². The molecule has 0 bridgehead atoms. The lowest BCUT2D eigenvalue weighted by Crippen LogP contribution is -2.14. The third-order valence-electron chi connectivity index (χ3n) is 1.81. The number of pyridine rings is 1. The topological polar surface area (TPSA) is 38.9 Å². The van der Waals surface area contributed by atoms with E-state index in [1.165, 1.54) is 0 Å². The predicted molar refractivity (Wildman–Crippen MR) is 47.1 cm³/mol. The Morgan fingerprint density at radius 1 is 1.38 bits per heavy atom. The number of alkyl halides is 5. The first kappa shape index (κ1) is 13.1. The highest BCUT2D eigenvalue weighted by Crippen LogP contribution is 2.37. The summed E-state index contributed by atoms with van der Waals surface area (Å²) in [6.07, 6.45) is -8.26. The predicted octanol–water partition coefficient (Wildman–Crippen LogP) is 3.15. The molecule has 0 aliphatic carbocycles. The van der Waals surface area contributed by atoms with Crippen molar-refractivity contribution in [2.45, 2.75) is 19.1 Å². The molecule has 0 unspecified atom stereocenters. The van der Waals surface area contributed by atoms with Crippen molar-refractivity contribution in [2.75, 3.05) is 0 Å². The van der Waals surface area contributed by atoms with Gasteiger partial charge in [0.1, 0.15) is 10.8 Å². The molecule has 90 valence electrons. The number of nitrogens with zero attached hydrogens (tertiary/aromatic N) is 1. The molecule has 8 heteroatoms. The molecule has 2 nitrogen and oxygen atoms in total. The van der Waals surface area contributed by atoms with Crippen molar-refractivity contribution in [1.82, 2.24) is 4.98 Å². The fourth-order valence-corrected chi connectivity index (χ4v) is 1.30. The lowest BCUT2D eigenvalue weighted by molar-refractivity contribution is -0.140. The van der Waals surface area contributed by atoms with Gasteiger partial charge in [-0.1, -0.05) is 11.6 Å². The summed E-state index contributed by atoms with van der Waals surface area (Å²) >= 11 is 5.40. The first-order valence-corrected chi connectivity index (χ1v) is 4.40. The van der Waals surface area contributed by atoms with E-state index >= 15 is 0 Å². The fraction of sp³-hybridized carbons (Fsp3) is 0.375. The molecule has 0 aliphatic rings. The smallest absolute Gasteiger partial charge is 0.326 e. The van der Waals surface area contributed by atoms with E-state index in [0.717, 1.165) is 0 Å². The first-order chi connectivity index (χ1) is 7.27. The number of hydrogen-bond acceptors (Lipinski definition) is 2. The van der Waals surface area contributed by atoms with Gasteiger partial charge in [0.2, 0.25) is 0 Å². The maximum atomic E-state index is 12.4. The minimum absolute atomic E-state index is 0.126. The normalized spacial score (nSPS) is 12.2. The number of rotatable bonds is 2. The SMILES string of the molecule is NCc1cc(C(F)(F)F)c(C(F)F)nc1Cl. The second-order valence-electron chi connectivity index (χ2n) is 2.87. The monoisotopic (exact) mass is 260 g/mol. The van der Waals surface area contributed by atoms with Gasteiger partial charge in [0.15, 0.2) is 0 Å². The van der Waals surface area contributed by atoms with E-state index in [2.05, 4.69) is 4.98 Å². The zero-order valence-corrected chi connectivity index (χ0v) is 8.41. The molecule has 2 N–H and O–H groups in total. The molecule has 0 atom stereocenters. The number of nitrogens with two attached hydrogens (primary N) is 1. The molecule has 0 radical (unpaired) electrons. The fourth-order valence-electron chi connectivity index (χ4n) is 1.08. The van der Waals surface area contributed by atoms with Gasteiger partial charge in [0.05, 0.1) is 5.56 Å². The molecule has 0 amide bonds. The maximum Gasteiger partial charge on any atom is 0.418 e. The summed E-state index contributed by atoms with van der Waals surface area (Å²) in [6, 6.07) is 0.497. The second kappa shape index (κ2) is 4.50. The molecule has 1 heterocycles. The number of hydrogen-bond donors (Lipinski definition) is 1. The van der Waals surface area contributed by atoms with Gasteiger partial charge < -0.3 is 5.73 Å². The van der Waals surface area contributed by atoms with Crippen molar-refractivity contribution in [2.24, 2.45) is 5.73 Å². The highest BCUT2D eigenvalue weighted by atomic mass is 35.5. The van der Waals surface area contributed by atoms with E-state index in [1.54, 1.807) is 0 Å². The molecule has 0 spiro atoms. The Bertz CT molecular complexity index is 391.